The van der Waals surface area contributed by atoms with E-state index in [4.69, 9.17) is 9.15 Å². The quantitative estimate of drug-likeness (QED) is 0.441. The lowest BCUT2D eigenvalue weighted by Crippen LogP contribution is -2.13. The lowest BCUT2D eigenvalue weighted by Gasteiger charge is -2.11. The number of methoxy groups -OCH3 is 1. The number of nitrogens with one attached hydrogen (secondary N) is 2. The molecule has 0 atom stereocenters. The van der Waals surface area contributed by atoms with Gasteiger partial charge in [-0.25, -0.2) is 0 Å². The zero-order valence-corrected chi connectivity index (χ0v) is 18.0. The first-order valence-corrected chi connectivity index (χ1v) is 10.1. The minimum absolute atomic E-state index is 0.203. The van der Waals surface area contributed by atoms with Gasteiger partial charge in [0.1, 0.15) is 5.75 Å². The molecule has 162 valence electrons. The molecule has 2 heterocycles. The highest BCUT2D eigenvalue weighted by Gasteiger charge is 2.17. The van der Waals surface area contributed by atoms with Gasteiger partial charge in [-0.15, -0.1) is 0 Å². The largest absolute Gasteiger partial charge is 0.497 e. The number of nitrogens with zero attached hydrogens (tertiary/aromatic N) is 1. The number of carbonyl (C=O) groups is 2. The Morgan fingerprint density at radius 3 is 2.06 bits per heavy atom. The van der Waals surface area contributed by atoms with Crippen LogP contribution in [0, 0.1) is 13.8 Å². The van der Waals surface area contributed by atoms with Crippen molar-refractivity contribution >= 4 is 23.2 Å². The number of rotatable bonds is 6. The van der Waals surface area contributed by atoms with Gasteiger partial charge in [-0.3, -0.25) is 9.59 Å². The Morgan fingerprint density at radius 1 is 0.875 bits per heavy atom. The monoisotopic (exact) mass is 429 g/mol. The molecule has 4 aromatic rings. The molecule has 0 aliphatic rings. The van der Waals surface area contributed by atoms with E-state index in [9.17, 15) is 9.59 Å². The predicted molar refractivity (Wildman–Crippen MR) is 123 cm³/mol. The van der Waals surface area contributed by atoms with Crippen LogP contribution in [0.4, 0.5) is 11.4 Å². The third kappa shape index (κ3) is 4.27. The van der Waals surface area contributed by atoms with Crippen molar-refractivity contribution in [2.24, 2.45) is 0 Å². The Labute approximate surface area is 185 Å². The molecule has 32 heavy (non-hydrogen) atoms. The maximum atomic E-state index is 12.9. The third-order valence-electron chi connectivity index (χ3n) is 5.15. The Kier molecular flexibility index (Phi) is 5.81. The zero-order valence-electron chi connectivity index (χ0n) is 18.0. The van der Waals surface area contributed by atoms with Crippen molar-refractivity contribution in [3.05, 3.63) is 95.7 Å². The molecule has 2 N–H and O–H groups in total. The van der Waals surface area contributed by atoms with Gasteiger partial charge in [0.05, 0.1) is 18.9 Å². The fraction of sp³-hybridized carbons (Fsp3) is 0.120. The van der Waals surface area contributed by atoms with Crippen LogP contribution in [0.2, 0.25) is 0 Å². The summed E-state index contributed by atoms with van der Waals surface area (Å²) in [6.45, 7) is 3.88. The first-order valence-electron chi connectivity index (χ1n) is 10.1. The highest BCUT2D eigenvalue weighted by atomic mass is 16.5. The van der Waals surface area contributed by atoms with Crippen molar-refractivity contribution in [3.8, 4) is 11.4 Å². The van der Waals surface area contributed by atoms with Crippen molar-refractivity contribution in [2.75, 3.05) is 17.7 Å². The van der Waals surface area contributed by atoms with Crippen LogP contribution in [0.25, 0.3) is 5.69 Å². The smallest absolute Gasteiger partial charge is 0.291 e. The highest BCUT2D eigenvalue weighted by Crippen LogP contribution is 2.24. The van der Waals surface area contributed by atoms with Crippen molar-refractivity contribution < 1.29 is 18.7 Å². The topological polar surface area (TPSA) is 85.5 Å². The Hall–Kier alpha value is -4.26. The van der Waals surface area contributed by atoms with Crippen LogP contribution in [-0.4, -0.2) is 23.5 Å². The minimum atomic E-state index is -0.335. The molecule has 0 spiro atoms. The van der Waals surface area contributed by atoms with Gasteiger partial charge in [0.15, 0.2) is 5.76 Å². The molecule has 7 heteroatoms. The van der Waals surface area contributed by atoms with Crippen LogP contribution in [0.3, 0.4) is 0 Å². The summed E-state index contributed by atoms with van der Waals surface area (Å²) in [5.74, 6) is 0.468. The zero-order chi connectivity index (χ0) is 22.7. The summed E-state index contributed by atoms with van der Waals surface area (Å²) in [7, 11) is 1.63. The van der Waals surface area contributed by atoms with Crippen LogP contribution in [0.1, 0.15) is 32.3 Å². The Bertz CT molecular complexity index is 1240. The van der Waals surface area contributed by atoms with Crippen LogP contribution in [0.15, 0.2) is 77.4 Å². The van der Waals surface area contributed by atoms with Crippen molar-refractivity contribution in [3.63, 3.8) is 0 Å². The predicted octanol–water partition coefficient (Wildman–Crippen LogP) is 5.20. The fourth-order valence-electron chi connectivity index (χ4n) is 3.56. The molecular formula is C25H23N3O4. The first kappa shape index (κ1) is 21.0. The van der Waals surface area contributed by atoms with Gasteiger partial charge in [0.25, 0.3) is 11.8 Å². The number of hydrogen-bond acceptors (Lipinski definition) is 4. The number of ether oxygens (including phenoxy) is 1. The fourth-order valence-corrected chi connectivity index (χ4v) is 3.56. The number of hydrogen-bond donors (Lipinski definition) is 2. The van der Waals surface area contributed by atoms with Crippen LogP contribution in [-0.2, 0) is 0 Å². The molecule has 2 aromatic carbocycles. The summed E-state index contributed by atoms with van der Waals surface area (Å²) in [4.78, 5) is 25.0. The van der Waals surface area contributed by atoms with Crippen molar-refractivity contribution in [2.45, 2.75) is 13.8 Å². The maximum absolute atomic E-state index is 12.9. The molecule has 0 unspecified atom stereocenters. The average molecular weight is 429 g/mol. The summed E-state index contributed by atoms with van der Waals surface area (Å²) in [5, 5.41) is 5.66. The molecular weight excluding hydrogens is 406 g/mol. The van der Waals surface area contributed by atoms with E-state index in [1.165, 1.54) is 6.26 Å². The van der Waals surface area contributed by atoms with E-state index >= 15 is 0 Å². The summed E-state index contributed by atoms with van der Waals surface area (Å²) in [5.41, 5.74) is 4.56. The standard InChI is InChI=1S/C25H23N3O4/c1-16-15-22(17(2)28(16)20-10-12-21(31-3)13-11-20)24(29)26-18-6-8-19(9-7-18)27-25(30)23-5-4-14-32-23/h4-15H,1-3H3,(H,26,29)(H,27,30). The van der Waals surface area contributed by atoms with Crippen molar-refractivity contribution in [1.82, 2.24) is 4.57 Å². The van der Waals surface area contributed by atoms with E-state index in [1.807, 2.05) is 48.7 Å². The van der Waals surface area contributed by atoms with Gasteiger partial charge in [0, 0.05) is 28.5 Å². The van der Waals surface area contributed by atoms with Gasteiger partial charge >= 0.3 is 0 Å². The molecule has 2 aromatic heterocycles. The number of amides is 2. The number of aryl methyl sites for hydroxylation is 1. The molecule has 7 nitrogen and oxygen atoms in total. The Balaban J connectivity index is 1.47. The summed E-state index contributed by atoms with van der Waals surface area (Å²) >= 11 is 0. The lowest BCUT2D eigenvalue weighted by atomic mass is 10.2. The van der Waals surface area contributed by atoms with Crippen molar-refractivity contribution in [1.29, 1.82) is 0 Å². The summed E-state index contributed by atoms with van der Waals surface area (Å²) in [6, 6.07) is 19.7. The SMILES string of the molecule is COc1ccc(-n2c(C)cc(C(=O)Nc3ccc(NC(=O)c4ccco4)cc3)c2C)cc1. The van der Waals surface area contributed by atoms with Crippen LogP contribution < -0.4 is 15.4 Å². The van der Waals surface area contributed by atoms with Gasteiger partial charge in [0.2, 0.25) is 0 Å². The van der Waals surface area contributed by atoms with E-state index in [-0.39, 0.29) is 17.6 Å². The highest BCUT2D eigenvalue weighted by molar-refractivity contribution is 6.06. The third-order valence-corrected chi connectivity index (χ3v) is 5.15. The maximum Gasteiger partial charge on any atom is 0.291 e. The Morgan fingerprint density at radius 2 is 1.50 bits per heavy atom. The summed E-state index contributed by atoms with van der Waals surface area (Å²) < 4.78 is 12.3. The normalized spacial score (nSPS) is 10.6. The number of furan rings is 1. The second-order valence-corrected chi connectivity index (χ2v) is 7.28. The van der Waals surface area contributed by atoms with E-state index in [0.29, 0.717) is 16.9 Å². The molecule has 0 bridgehead atoms. The minimum Gasteiger partial charge on any atom is -0.497 e. The number of carbonyl (C=O) groups excluding carboxylic acids is 2. The van der Waals surface area contributed by atoms with E-state index in [2.05, 4.69) is 10.6 Å². The van der Waals surface area contributed by atoms with Gasteiger partial charge < -0.3 is 24.4 Å². The molecule has 4 rings (SSSR count). The molecule has 0 saturated carbocycles. The van der Waals surface area contributed by atoms with Gasteiger partial charge in [-0.2, -0.15) is 0 Å². The van der Waals surface area contributed by atoms with Crippen LogP contribution in [0.5, 0.6) is 5.75 Å². The molecule has 0 aliphatic carbocycles. The molecule has 2 amide bonds. The second kappa shape index (κ2) is 8.85. The van der Waals surface area contributed by atoms with E-state index < -0.39 is 0 Å². The second-order valence-electron chi connectivity index (χ2n) is 7.28. The van der Waals surface area contributed by atoms with E-state index in [0.717, 1.165) is 22.8 Å². The molecule has 0 aliphatic heterocycles. The van der Waals surface area contributed by atoms with Gasteiger partial charge in [-0.1, -0.05) is 0 Å². The lowest BCUT2D eigenvalue weighted by molar-refractivity contribution is 0.0994. The number of benzene rings is 2. The summed E-state index contributed by atoms with van der Waals surface area (Å²) in [6.07, 6.45) is 1.44. The van der Waals surface area contributed by atoms with Gasteiger partial charge in [-0.05, 0) is 80.6 Å². The molecule has 0 radical (unpaired) electrons. The first-order chi connectivity index (χ1) is 15.5. The average Bonchev–Trinajstić information content (AvgIpc) is 3.43. The number of anilines is 2. The van der Waals surface area contributed by atoms with Crippen LogP contribution >= 0.6 is 0 Å². The molecule has 0 fully saturated rings. The number of aromatic nitrogens is 1. The molecule has 0 saturated heterocycles. The van der Waals surface area contributed by atoms with E-state index in [1.54, 1.807) is 43.5 Å².